The van der Waals surface area contributed by atoms with Gasteiger partial charge in [0.05, 0.1) is 0 Å². The maximum Gasteiger partial charge on any atom is 0.374 e. The highest BCUT2D eigenvalue weighted by Crippen LogP contribution is 2.33. The second kappa shape index (κ2) is 5.95. The Morgan fingerprint density at radius 1 is 1.00 bits per heavy atom. The molecule has 1 aromatic heterocycles. The van der Waals surface area contributed by atoms with E-state index in [0.29, 0.717) is 26.6 Å². The Kier molecular flexibility index (Phi) is 3.98. The van der Waals surface area contributed by atoms with Crippen LogP contribution in [0.1, 0.15) is 20.9 Å². The molecule has 116 valence electrons. The number of halogens is 2. The van der Waals surface area contributed by atoms with E-state index in [-0.39, 0.29) is 11.4 Å². The molecule has 0 bridgehead atoms. The molecule has 1 amide bonds. The van der Waals surface area contributed by atoms with Crippen molar-refractivity contribution in [3.8, 4) is 0 Å². The molecule has 0 aliphatic carbocycles. The van der Waals surface area contributed by atoms with E-state index in [1.54, 1.807) is 24.3 Å². The highest BCUT2D eigenvalue weighted by Gasteiger charge is 2.22. The van der Waals surface area contributed by atoms with Crippen molar-refractivity contribution in [2.45, 2.75) is 0 Å². The van der Waals surface area contributed by atoms with Crippen LogP contribution in [0.3, 0.4) is 0 Å². The maximum absolute atomic E-state index is 12.3. The number of furan rings is 1. The number of hydrogen-bond donors (Lipinski definition) is 2. The summed E-state index contributed by atoms with van der Waals surface area (Å²) in [6, 6.07) is 10.9. The number of amides is 1. The Labute approximate surface area is 140 Å². The summed E-state index contributed by atoms with van der Waals surface area (Å²) in [6.07, 6.45) is 0. The molecule has 0 spiro atoms. The van der Waals surface area contributed by atoms with Crippen molar-refractivity contribution >= 4 is 51.7 Å². The number of aromatic carboxylic acids is 1. The maximum atomic E-state index is 12.3. The summed E-state index contributed by atoms with van der Waals surface area (Å²) >= 11 is 11.7. The van der Waals surface area contributed by atoms with Crippen LogP contribution in [0.4, 0.5) is 5.69 Å². The SMILES string of the molecule is O=C(Nc1c(C(=O)O)oc2ccc(Cl)cc12)c1ccc(Cl)cc1. The van der Waals surface area contributed by atoms with Gasteiger partial charge in [0, 0.05) is 21.0 Å². The molecule has 3 aromatic rings. The van der Waals surface area contributed by atoms with E-state index in [9.17, 15) is 14.7 Å². The summed E-state index contributed by atoms with van der Waals surface area (Å²) in [4.78, 5) is 23.6. The molecule has 5 nitrogen and oxygen atoms in total. The molecular weight excluding hydrogens is 341 g/mol. The van der Waals surface area contributed by atoms with Gasteiger partial charge < -0.3 is 14.8 Å². The highest BCUT2D eigenvalue weighted by atomic mass is 35.5. The fourth-order valence-electron chi connectivity index (χ4n) is 2.13. The molecule has 0 aliphatic heterocycles. The van der Waals surface area contributed by atoms with Crippen LogP contribution in [0.5, 0.6) is 0 Å². The number of carboxylic acid groups (broad SMARTS) is 1. The van der Waals surface area contributed by atoms with Crippen molar-refractivity contribution in [1.82, 2.24) is 0 Å². The molecule has 23 heavy (non-hydrogen) atoms. The van der Waals surface area contributed by atoms with Crippen molar-refractivity contribution in [3.63, 3.8) is 0 Å². The first-order valence-electron chi connectivity index (χ1n) is 6.48. The van der Waals surface area contributed by atoms with Gasteiger partial charge in [-0.2, -0.15) is 0 Å². The smallest absolute Gasteiger partial charge is 0.374 e. The third-order valence-corrected chi connectivity index (χ3v) is 3.68. The number of rotatable bonds is 3. The van der Waals surface area contributed by atoms with Gasteiger partial charge in [-0.15, -0.1) is 0 Å². The Bertz CT molecular complexity index is 916. The molecule has 7 heteroatoms. The summed E-state index contributed by atoms with van der Waals surface area (Å²) in [5, 5.41) is 13.1. The summed E-state index contributed by atoms with van der Waals surface area (Å²) in [5.74, 6) is -2.12. The summed E-state index contributed by atoms with van der Waals surface area (Å²) in [6.45, 7) is 0. The van der Waals surface area contributed by atoms with Gasteiger partial charge in [-0.05, 0) is 42.5 Å². The van der Waals surface area contributed by atoms with Gasteiger partial charge in [0.2, 0.25) is 5.76 Å². The van der Waals surface area contributed by atoms with Crippen LogP contribution in [0.15, 0.2) is 46.9 Å². The predicted molar refractivity (Wildman–Crippen MR) is 87.6 cm³/mol. The molecule has 0 saturated carbocycles. The summed E-state index contributed by atoms with van der Waals surface area (Å²) < 4.78 is 5.28. The Hall–Kier alpha value is -2.50. The Balaban J connectivity index is 2.05. The van der Waals surface area contributed by atoms with Crippen molar-refractivity contribution < 1.29 is 19.1 Å². The van der Waals surface area contributed by atoms with Crippen LogP contribution >= 0.6 is 23.2 Å². The highest BCUT2D eigenvalue weighted by molar-refractivity contribution is 6.32. The van der Waals surface area contributed by atoms with Crippen LogP contribution in [-0.2, 0) is 0 Å². The molecule has 2 N–H and O–H groups in total. The van der Waals surface area contributed by atoms with Gasteiger partial charge in [-0.25, -0.2) is 4.79 Å². The molecule has 0 radical (unpaired) electrons. The molecule has 0 unspecified atom stereocenters. The van der Waals surface area contributed by atoms with E-state index >= 15 is 0 Å². The average Bonchev–Trinajstić information content (AvgIpc) is 2.86. The fourth-order valence-corrected chi connectivity index (χ4v) is 2.43. The van der Waals surface area contributed by atoms with Gasteiger partial charge in [-0.3, -0.25) is 4.79 Å². The van der Waals surface area contributed by atoms with E-state index in [1.807, 2.05) is 0 Å². The molecule has 0 saturated heterocycles. The lowest BCUT2D eigenvalue weighted by atomic mass is 10.2. The van der Waals surface area contributed by atoms with Crippen LogP contribution in [-0.4, -0.2) is 17.0 Å². The second-order valence-electron chi connectivity index (χ2n) is 4.71. The van der Waals surface area contributed by atoms with Crippen LogP contribution in [0.2, 0.25) is 10.0 Å². The van der Waals surface area contributed by atoms with Crippen molar-refractivity contribution in [2.75, 3.05) is 5.32 Å². The van der Waals surface area contributed by atoms with E-state index in [4.69, 9.17) is 27.6 Å². The lowest BCUT2D eigenvalue weighted by Gasteiger charge is -2.05. The first-order valence-corrected chi connectivity index (χ1v) is 7.23. The quantitative estimate of drug-likeness (QED) is 0.718. The van der Waals surface area contributed by atoms with Gasteiger partial charge in [0.1, 0.15) is 11.3 Å². The zero-order valence-electron chi connectivity index (χ0n) is 11.5. The molecule has 0 aliphatic rings. The largest absolute Gasteiger partial charge is 0.475 e. The van der Waals surface area contributed by atoms with E-state index < -0.39 is 11.9 Å². The topological polar surface area (TPSA) is 79.5 Å². The second-order valence-corrected chi connectivity index (χ2v) is 5.59. The fraction of sp³-hybridized carbons (Fsp3) is 0. The number of benzene rings is 2. The number of carbonyl (C=O) groups excluding carboxylic acids is 1. The zero-order valence-corrected chi connectivity index (χ0v) is 13.0. The van der Waals surface area contributed by atoms with Gasteiger partial charge in [0.15, 0.2) is 0 Å². The number of fused-ring (bicyclic) bond motifs is 1. The molecular formula is C16H9Cl2NO4. The molecule has 0 atom stereocenters. The van der Waals surface area contributed by atoms with Crippen LogP contribution in [0, 0.1) is 0 Å². The number of nitrogens with one attached hydrogen (secondary N) is 1. The lowest BCUT2D eigenvalue weighted by molar-refractivity contribution is 0.0666. The first kappa shape index (κ1) is 15.4. The summed E-state index contributed by atoms with van der Waals surface area (Å²) in [5.41, 5.74) is 0.718. The Morgan fingerprint density at radius 2 is 1.65 bits per heavy atom. The molecule has 2 aromatic carbocycles. The zero-order chi connectivity index (χ0) is 16.6. The normalized spacial score (nSPS) is 10.7. The van der Waals surface area contributed by atoms with Crippen LogP contribution in [0.25, 0.3) is 11.0 Å². The Morgan fingerprint density at radius 3 is 2.30 bits per heavy atom. The predicted octanol–water partition coefficient (Wildman–Crippen LogP) is 4.69. The third kappa shape index (κ3) is 3.02. The number of carboxylic acids is 1. The standard InChI is InChI=1S/C16H9Cl2NO4/c17-9-3-1-8(2-4-9)15(20)19-13-11-7-10(18)5-6-12(11)23-14(13)16(21)22/h1-7H,(H,19,20)(H,21,22). The lowest BCUT2D eigenvalue weighted by Crippen LogP contribution is -2.13. The summed E-state index contributed by atoms with van der Waals surface area (Å²) in [7, 11) is 0. The first-order chi connectivity index (χ1) is 11.0. The monoisotopic (exact) mass is 349 g/mol. The molecule has 1 heterocycles. The van der Waals surface area contributed by atoms with Crippen molar-refractivity contribution in [1.29, 1.82) is 0 Å². The number of anilines is 1. The number of hydrogen-bond acceptors (Lipinski definition) is 3. The molecule has 3 rings (SSSR count). The van der Waals surface area contributed by atoms with E-state index in [2.05, 4.69) is 5.32 Å². The third-order valence-electron chi connectivity index (χ3n) is 3.19. The van der Waals surface area contributed by atoms with Crippen molar-refractivity contribution in [3.05, 3.63) is 63.8 Å². The van der Waals surface area contributed by atoms with Crippen LogP contribution < -0.4 is 5.32 Å². The number of carbonyl (C=O) groups is 2. The minimum absolute atomic E-state index is 0.0648. The van der Waals surface area contributed by atoms with Gasteiger partial charge in [-0.1, -0.05) is 23.2 Å². The minimum Gasteiger partial charge on any atom is -0.475 e. The van der Waals surface area contributed by atoms with E-state index in [1.165, 1.54) is 18.2 Å². The minimum atomic E-state index is -1.29. The van der Waals surface area contributed by atoms with Gasteiger partial charge in [0.25, 0.3) is 5.91 Å². The van der Waals surface area contributed by atoms with E-state index in [0.717, 1.165) is 0 Å². The van der Waals surface area contributed by atoms with Gasteiger partial charge >= 0.3 is 5.97 Å². The average molecular weight is 350 g/mol. The molecule has 0 fully saturated rings. The van der Waals surface area contributed by atoms with Crippen molar-refractivity contribution in [2.24, 2.45) is 0 Å².